The molecule has 0 radical (unpaired) electrons. The van der Waals surface area contributed by atoms with Crippen LogP contribution in [-0.2, 0) is 4.79 Å². The average molecular weight is 264 g/mol. The molecule has 0 aliphatic rings. The summed E-state index contributed by atoms with van der Waals surface area (Å²) in [6.07, 6.45) is 2.50. The van der Waals surface area contributed by atoms with Gasteiger partial charge in [0.1, 0.15) is 0 Å². The van der Waals surface area contributed by atoms with Crippen molar-refractivity contribution >= 4 is 17.3 Å². The highest BCUT2D eigenvalue weighted by Gasteiger charge is 2.06. The van der Waals surface area contributed by atoms with Crippen molar-refractivity contribution in [2.45, 2.75) is 33.1 Å². The number of rotatable bonds is 8. The van der Waals surface area contributed by atoms with Crippen LogP contribution in [0, 0.1) is 0 Å². The molecular formula is C15H24N2O2. The first-order chi connectivity index (χ1) is 9.21. The van der Waals surface area contributed by atoms with Gasteiger partial charge in [-0.1, -0.05) is 19.4 Å². The third kappa shape index (κ3) is 5.30. The predicted molar refractivity (Wildman–Crippen MR) is 79.6 cm³/mol. The molecule has 4 heteroatoms. The topological polar surface area (TPSA) is 52.6 Å². The molecule has 19 heavy (non-hydrogen) atoms. The Labute approximate surface area is 115 Å². The number of carbonyl (C=O) groups excluding carboxylic acids is 1. The molecule has 0 aromatic heterocycles. The van der Waals surface area contributed by atoms with Crippen molar-refractivity contribution in [3.05, 3.63) is 24.3 Å². The van der Waals surface area contributed by atoms with Crippen LogP contribution in [0.2, 0.25) is 0 Å². The highest BCUT2D eigenvalue weighted by molar-refractivity contribution is 5.91. The van der Waals surface area contributed by atoms with Crippen molar-refractivity contribution < 1.29 is 9.90 Å². The van der Waals surface area contributed by atoms with Crippen LogP contribution in [0.25, 0.3) is 0 Å². The van der Waals surface area contributed by atoms with E-state index in [2.05, 4.69) is 17.1 Å². The third-order valence-corrected chi connectivity index (χ3v) is 3.00. The Morgan fingerprint density at radius 1 is 1.37 bits per heavy atom. The van der Waals surface area contributed by atoms with Crippen LogP contribution in [0.15, 0.2) is 24.3 Å². The van der Waals surface area contributed by atoms with Gasteiger partial charge in [0, 0.05) is 30.9 Å². The lowest BCUT2D eigenvalue weighted by molar-refractivity contribution is -0.116. The van der Waals surface area contributed by atoms with E-state index in [0.717, 1.165) is 30.8 Å². The second-order valence-corrected chi connectivity index (χ2v) is 4.51. The molecule has 0 saturated carbocycles. The summed E-state index contributed by atoms with van der Waals surface area (Å²) in [7, 11) is 0. The molecular weight excluding hydrogens is 240 g/mol. The highest BCUT2D eigenvalue weighted by Crippen LogP contribution is 2.19. The Morgan fingerprint density at radius 3 is 2.79 bits per heavy atom. The number of hydrogen-bond donors (Lipinski definition) is 2. The Kier molecular flexibility index (Phi) is 6.97. The molecule has 1 rings (SSSR count). The number of unbranched alkanes of at least 4 members (excludes halogenated alkanes) is 1. The SMILES string of the molecule is CCCCC(=O)Nc1cccc(N(CC)CCO)c1. The number of aliphatic hydroxyl groups excluding tert-OH is 1. The van der Waals surface area contributed by atoms with E-state index in [1.54, 1.807) is 0 Å². The van der Waals surface area contributed by atoms with Crippen molar-refractivity contribution in [2.75, 3.05) is 29.9 Å². The maximum atomic E-state index is 11.7. The summed E-state index contributed by atoms with van der Waals surface area (Å²) in [5.74, 6) is 0.0595. The van der Waals surface area contributed by atoms with Crippen molar-refractivity contribution in [1.82, 2.24) is 0 Å². The van der Waals surface area contributed by atoms with Gasteiger partial charge in [0.15, 0.2) is 0 Å². The molecule has 0 unspecified atom stereocenters. The van der Waals surface area contributed by atoms with Gasteiger partial charge in [-0.05, 0) is 31.5 Å². The van der Waals surface area contributed by atoms with E-state index in [1.165, 1.54) is 0 Å². The number of hydrogen-bond acceptors (Lipinski definition) is 3. The Bertz CT molecular complexity index is 393. The molecule has 0 spiro atoms. The van der Waals surface area contributed by atoms with Crippen LogP contribution in [-0.4, -0.2) is 30.7 Å². The second kappa shape index (κ2) is 8.53. The van der Waals surface area contributed by atoms with Crippen LogP contribution < -0.4 is 10.2 Å². The molecule has 0 atom stereocenters. The number of anilines is 2. The number of likely N-dealkylation sites (N-methyl/N-ethyl adjacent to an activating group) is 1. The lowest BCUT2D eigenvalue weighted by Gasteiger charge is -2.22. The fraction of sp³-hybridized carbons (Fsp3) is 0.533. The summed E-state index contributed by atoms with van der Waals surface area (Å²) in [6.45, 7) is 5.67. The molecule has 1 aromatic rings. The Balaban J connectivity index is 2.68. The van der Waals surface area contributed by atoms with Gasteiger partial charge in [-0.2, -0.15) is 0 Å². The fourth-order valence-electron chi connectivity index (χ4n) is 1.93. The number of amides is 1. The van der Waals surface area contributed by atoms with E-state index in [-0.39, 0.29) is 12.5 Å². The van der Waals surface area contributed by atoms with Gasteiger partial charge in [0.05, 0.1) is 6.61 Å². The van der Waals surface area contributed by atoms with Crippen LogP contribution in [0.4, 0.5) is 11.4 Å². The maximum Gasteiger partial charge on any atom is 0.224 e. The van der Waals surface area contributed by atoms with Gasteiger partial charge in [-0.3, -0.25) is 4.79 Å². The zero-order chi connectivity index (χ0) is 14.1. The maximum absolute atomic E-state index is 11.7. The molecule has 106 valence electrons. The summed E-state index contributed by atoms with van der Waals surface area (Å²) in [5, 5.41) is 11.9. The molecule has 0 aliphatic carbocycles. The Hall–Kier alpha value is -1.55. The van der Waals surface area contributed by atoms with E-state index in [1.807, 2.05) is 31.2 Å². The van der Waals surface area contributed by atoms with E-state index in [0.29, 0.717) is 13.0 Å². The van der Waals surface area contributed by atoms with Crippen molar-refractivity contribution in [2.24, 2.45) is 0 Å². The number of carbonyl (C=O) groups is 1. The average Bonchev–Trinajstić information content (AvgIpc) is 2.42. The van der Waals surface area contributed by atoms with Gasteiger partial charge < -0.3 is 15.3 Å². The first-order valence-corrected chi connectivity index (χ1v) is 6.97. The van der Waals surface area contributed by atoms with Gasteiger partial charge >= 0.3 is 0 Å². The number of aliphatic hydroxyl groups is 1. The number of nitrogens with zero attached hydrogens (tertiary/aromatic N) is 1. The van der Waals surface area contributed by atoms with Crippen LogP contribution in [0.5, 0.6) is 0 Å². The number of benzene rings is 1. The lowest BCUT2D eigenvalue weighted by Crippen LogP contribution is -2.26. The monoisotopic (exact) mass is 264 g/mol. The van der Waals surface area contributed by atoms with Crippen molar-refractivity contribution in [3.63, 3.8) is 0 Å². The molecule has 0 saturated heterocycles. The van der Waals surface area contributed by atoms with Gasteiger partial charge in [0.25, 0.3) is 0 Å². The summed E-state index contributed by atoms with van der Waals surface area (Å²) in [5.41, 5.74) is 1.83. The number of nitrogens with one attached hydrogen (secondary N) is 1. The van der Waals surface area contributed by atoms with Gasteiger partial charge in [0.2, 0.25) is 5.91 Å². The first kappa shape index (κ1) is 15.5. The highest BCUT2D eigenvalue weighted by atomic mass is 16.3. The Morgan fingerprint density at radius 2 is 2.16 bits per heavy atom. The summed E-state index contributed by atoms with van der Waals surface area (Å²) in [6, 6.07) is 7.74. The fourth-order valence-corrected chi connectivity index (χ4v) is 1.93. The molecule has 0 bridgehead atoms. The minimum absolute atomic E-state index is 0.0595. The molecule has 1 amide bonds. The quantitative estimate of drug-likeness (QED) is 0.759. The summed E-state index contributed by atoms with van der Waals surface area (Å²) < 4.78 is 0. The smallest absolute Gasteiger partial charge is 0.224 e. The molecule has 1 aromatic carbocycles. The second-order valence-electron chi connectivity index (χ2n) is 4.51. The van der Waals surface area contributed by atoms with Crippen LogP contribution in [0.1, 0.15) is 33.1 Å². The summed E-state index contributed by atoms with van der Waals surface area (Å²) in [4.78, 5) is 13.8. The zero-order valence-electron chi connectivity index (χ0n) is 11.9. The normalized spacial score (nSPS) is 10.3. The van der Waals surface area contributed by atoms with E-state index >= 15 is 0 Å². The van der Waals surface area contributed by atoms with E-state index in [4.69, 9.17) is 5.11 Å². The van der Waals surface area contributed by atoms with Crippen molar-refractivity contribution in [1.29, 1.82) is 0 Å². The summed E-state index contributed by atoms with van der Waals surface area (Å²) >= 11 is 0. The zero-order valence-corrected chi connectivity index (χ0v) is 11.9. The first-order valence-electron chi connectivity index (χ1n) is 6.97. The van der Waals surface area contributed by atoms with Crippen molar-refractivity contribution in [3.8, 4) is 0 Å². The molecule has 0 heterocycles. The van der Waals surface area contributed by atoms with Crippen LogP contribution in [0.3, 0.4) is 0 Å². The standard InChI is InChI=1S/C15H24N2O2/c1-3-5-9-15(19)16-13-7-6-8-14(12-13)17(4-2)10-11-18/h6-8,12,18H,3-5,9-11H2,1-2H3,(H,16,19). The van der Waals surface area contributed by atoms with Gasteiger partial charge in [-0.15, -0.1) is 0 Å². The van der Waals surface area contributed by atoms with E-state index in [9.17, 15) is 4.79 Å². The van der Waals surface area contributed by atoms with Gasteiger partial charge in [-0.25, -0.2) is 0 Å². The minimum atomic E-state index is 0.0595. The third-order valence-electron chi connectivity index (χ3n) is 3.00. The molecule has 4 nitrogen and oxygen atoms in total. The largest absolute Gasteiger partial charge is 0.395 e. The molecule has 0 fully saturated rings. The minimum Gasteiger partial charge on any atom is -0.395 e. The van der Waals surface area contributed by atoms with Crippen LogP contribution >= 0.6 is 0 Å². The predicted octanol–water partition coefficient (Wildman–Crippen LogP) is 2.63. The lowest BCUT2D eigenvalue weighted by atomic mass is 10.2. The van der Waals surface area contributed by atoms with E-state index < -0.39 is 0 Å². The molecule has 2 N–H and O–H groups in total. The molecule has 0 aliphatic heterocycles.